The van der Waals surface area contributed by atoms with Gasteiger partial charge in [-0.15, -0.1) is 0 Å². The maximum atomic E-state index is 4.65. The van der Waals surface area contributed by atoms with E-state index in [9.17, 15) is 0 Å². The van der Waals surface area contributed by atoms with Crippen LogP contribution in [0.25, 0.3) is 10.9 Å². The van der Waals surface area contributed by atoms with Gasteiger partial charge in [-0.05, 0) is 63.9 Å². The molecule has 1 fully saturated rings. The number of aromatic nitrogens is 1. The summed E-state index contributed by atoms with van der Waals surface area (Å²) < 4.78 is 0. The fraction of sp³-hybridized carbons (Fsp3) is 0.438. The molecule has 0 spiro atoms. The summed E-state index contributed by atoms with van der Waals surface area (Å²) in [6.45, 7) is 7.66. The summed E-state index contributed by atoms with van der Waals surface area (Å²) >= 11 is 0. The Hall–Kier alpha value is -1.41. The van der Waals surface area contributed by atoms with Crippen molar-refractivity contribution in [1.82, 2.24) is 10.3 Å². The Morgan fingerprint density at radius 3 is 2.78 bits per heavy atom. The first-order chi connectivity index (χ1) is 8.58. The third-order valence-corrected chi connectivity index (χ3v) is 4.06. The average molecular weight is 240 g/mol. The molecule has 3 rings (SSSR count). The molecule has 0 radical (unpaired) electrons. The van der Waals surface area contributed by atoms with Gasteiger partial charge in [-0.2, -0.15) is 0 Å². The molecular formula is C16H20N2. The van der Waals surface area contributed by atoms with Crippen LogP contribution in [0.3, 0.4) is 0 Å². The van der Waals surface area contributed by atoms with Gasteiger partial charge in [-0.3, -0.25) is 4.98 Å². The molecule has 1 aromatic carbocycles. The molecular weight excluding hydrogens is 220 g/mol. The maximum absolute atomic E-state index is 4.65. The molecule has 18 heavy (non-hydrogen) atoms. The van der Waals surface area contributed by atoms with E-state index in [1.807, 2.05) is 0 Å². The van der Waals surface area contributed by atoms with Gasteiger partial charge in [0.15, 0.2) is 0 Å². The number of hydrogen-bond donors (Lipinski definition) is 1. The van der Waals surface area contributed by atoms with E-state index in [1.165, 1.54) is 29.4 Å². The van der Waals surface area contributed by atoms with Crippen molar-refractivity contribution in [2.45, 2.75) is 39.2 Å². The molecule has 1 aliphatic rings. The minimum absolute atomic E-state index is 0.111. The summed E-state index contributed by atoms with van der Waals surface area (Å²) in [7, 11) is 0. The number of nitrogens with one attached hydrogen (secondary N) is 1. The molecule has 0 saturated carbocycles. The Kier molecular flexibility index (Phi) is 2.63. The quantitative estimate of drug-likeness (QED) is 0.825. The minimum Gasteiger partial charge on any atom is -0.308 e. The van der Waals surface area contributed by atoms with Gasteiger partial charge >= 0.3 is 0 Å². The molecule has 1 aliphatic heterocycles. The van der Waals surface area contributed by atoms with Crippen LogP contribution in [0, 0.1) is 13.8 Å². The van der Waals surface area contributed by atoms with Crippen molar-refractivity contribution in [2.24, 2.45) is 0 Å². The van der Waals surface area contributed by atoms with E-state index in [1.54, 1.807) is 0 Å². The molecule has 1 N–H and O–H groups in total. The number of hydrogen-bond acceptors (Lipinski definition) is 2. The lowest BCUT2D eigenvalue weighted by Gasteiger charge is -2.27. The lowest BCUT2D eigenvalue weighted by atomic mass is 9.87. The monoisotopic (exact) mass is 240 g/mol. The molecule has 1 aromatic heterocycles. The SMILES string of the molecule is Cc1ccc2nc(C)cc(C3(C)CCCN3)c2c1. The summed E-state index contributed by atoms with van der Waals surface area (Å²) in [5.41, 5.74) is 5.05. The van der Waals surface area contributed by atoms with Gasteiger partial charge in [-0.25, -0.2) is 0 Å². The van der Waals surface area contributed by atoms with Crippen molar-refractivity contribution in [1.29, 1.82) is 0 Å². The first-order valence-electron chi connectivity index (χ1n) is 6.72. The van der Waals surface area contributed by atoms with Gasteiger partial charge < -0.3 is 5.32 Å². The highest BCUT2D eigenvalue weighted by Crippen LogP contribution is 2.35. The zero-order chi connectivity index (χ0) is 12.8. The van der Waals surface area contributed by atoms with E-state index in [-0.39, 0.29) is 5.54 Å². The summed E-state index contributed by atoms with van der Waals surface area (Å²) in [5, 5.41) is 4.96. The van der Waals surface area contributed by atoms with Crippen LogP contribution in [0.4, 0.5) is 0 Å². The normalized spacial score (nSPS) is 23.7. The van der Waals surface area contributed by atoms with Crippen molar-refractivity contribution < 1.29 is 0 Å². The topological polar surface area (TPSA) is 24.9 Å². The van der Waals surface area contributed by atoms with Crippen LogP contribution < -0.4 is 5.32 Å². The van der Waals surface area contributed by atoms with Crippen LogP contribution in [0.5, 0.6) is 0 Å². The van der Waals surface area contributed by atoms with Crippen molar-refractivity contribution in [3.8, 4) is 0 Å². The molecule has 2 heteroatoms. The molecule has 2 nitrogen and oxygen atoms in total. The lowest BCUT2D eigenvalue weighted by molar-refractivity contribution is 0.438. The lowest BCUT2D eigenvalue weighted by Crippen LogP contribution is -2.33. The van der Waals surface area contributed by atoms with Gasteiger partial charge in [0, 0.05) is 16.6 Å². The summed E-state index contributed by atoms with van der Waals surface area (Å²) in [6.07, 6.45) is 2.46. The van der Waals surface area contributed by atoms with E-state index in [0.29, 0.717) is 0 Å². The van der Waals surface area contributed by atoms with Crippen LogP contribution in [-0.4, -0.2) is 11.5 Å². The van der Waals surface area contributed by atoms with Gasteiger partial charge in [0.05, 0.1) is 5.52 Å². The first-order valence-corrected chi connectivity index (χ1v) is 6.72. The van der Waals surface area contributed by atoms with Crippen LogP contribution >= 0.6 is 0 Å². The zero-order valence-corrected chi connectivity index (χ0v) is 11.4. The average Bonchev–Trinajstić information content (AvgIpc) is 2.77. The molecule has 2 heterocycles. The highest BCUT2D eigenvalue weighted by molar-refractivity contribution is 5.84. The summed E-state index contributed by atoms with van der Waals surface area (Å²) in [6, 6.07) is 8.80. The number of aryl methyl sites for hydroxylation is 2. The summed E-state index contributed by atoms with van der Waals surface area (Å²) in [5.74, 6) is 0. The fourth-order valence-corrected chi connectivity index (χ4v) is 3.05. The highest BCUT2D eigenvalue weighted by Gasteiger charge is 2.31. The number of pyridine rings is 1. The number of rotatable bonds is 1. The van der Waals surface area contributed by atoms with E-state index in [0.717, 1.165) is 17.8 Å². The zero-order valence-electron chi connectivity index (χ0n) is 11.4. The fourth-order valence-electron chi connectivity index (χ4n) is 3.05. The second-order valence-electron chi connectivity index (χ2n) is 5.69. The number of fused-ring (bicyclic) bond motifs is 1. The highest BCUT2D eigenvalue weighted by atomic mass is 15.0. The second kappa shape index (κ2) is 4.06. The van der Waals surface area contributed by atoms with Crippen LogP contribution in [0.15, 0.2) is 24.3 Å². The first kappa shape index (κ1) is 11.7. The van der Waals surface area contributed by atoms with Crippen LogP contribution in [0.2, 0.25) is 0 Å². The van der Waals surface area contributed by atoms with Crippen molar-refractivity contribution in [3.05, 3.63) is 41.1 Å². The summed E-state index contributed by atoms with van der Waals surface area (Å²) in [4.78, 5) is 4.65. The van der Waals surface area contributed by atoms with E-state index in [2.05, 4.69) is 55.3 Å². The van der Waals surface area contributed by atoms with Gasteiger partial charge in [0.1, 0.15) is 0 Å². The Labute approximate surface area is 108 Å². The van der Waals surface area contributed by atoms with E-state index >= 15 is 0 Å². The van der Waals surface area contributed by atoms with E-state index < -0.39 is 0 Å². The molecule has 1 unspecified atom stereocenters. The van der Waals surface area contributed by atoms with Gasteiger partial charge in [0.25, 0.3) is 0 Å². The Bertz CT molecular complexity index is 595. The molecule has 2 aromatic rings. The number of benzene rings is 1. The Morgan fingerprint density at radius 2 is 2.06 bits per heavy atom. The Morgan fingerprint density at radius 1 is 1.22 bits per heavy atom. The third kappa shape index (κ3) is 1.81. The van der Waals surface area contributed by atoms with Crippen molar-refractivity contribution in [3.63, 3.8) is 0 Å². The van der Waals surface area contributed by atoms with E-state index in [4.69, 9.17) is 0 Å². The molecule has 0 aliphatic carbocycles. The molecule has 94 valence electrons. The van der Waals surface area contributed by atoms with Crippen LogP contribution in [-0.2, 0) is 5.54 Å². The maximum Gasteiger partial charge on any atom is 0.0708 e. The smallest absolute Gasteiger partial charge is 0.0708 e. The largest absolute Gasteiger partial charge is 0.308 e. The molecule has 0 bridgehead atoms. The molecule has 1 saturated heterocycles. The second-order valence-corrected chi connectivity index (χ2v) is 5.69. The Balaban J connectivity index is 2.29. The predicted molar refractivity (Wildman–Crippen MR) is 75.8 cm³/mol. The predicted octanol–water partition coefficient (Wildman–Crippen LogP) is 3.45. The number of nitrogens with zero attached hydrogens (tertiary/aromatic N) is 1. The molecule has 1 atom stereocenters. The van der Waals surface area contributed by atoms with Gasteiger partial charge in [-0.1, -0.05) is 11.6 Å². The molecule has 0 amide bonds. The van der Waals surface area contributed by atoms with Crippen molar-refractivity contribution in [2.75, 3.05) is 6.54 Å². The standard InChI is InChI=1S/C16H20N2/c1-11-5-6-15-13(9-11)14(10-12(2)18-15)16(3)7-4-8-17-16/h5-6,9-10,17H,4,7-8H2,1-3H3. The van der Waals surface area contributed by atoms with Crippen molar-refractivity contribution >= 4 is 10.9 Å². The van der Waals surface area contributed by atoms with Gasteiger partial charge in [0.2, 0.25) is 0 Å². The van der Waals surface area contributed by atoms with Crippen LogP contribution in [0.1, 0.15) is 36.6 Å². The third-order valence-electron chi connectivity index (χ3n) is 4.06. The minimum atomic E-state index is 0.111.